The summed E-state index contributed by atoms with van der Waals surface area (Å²) in [5, 5.41) is 17.8. The van der Waals surface area contributed by atoms with Gasteiger partial charge in [0, 0.05) is 0 Å². The number of esters is 2. The number of benzene rings is 4. The van der Waals surface area contributed by atoms with Crippen LogP contribution in [0.4, 0.5) is 0 Å². The van der Waals surface area contributed by atoms with Gasteiger partial charge in [0.25, 0.3) is 0 Å². The topological polar surface area (TPSA) is 100 Å². The minimum absolute atomic E-state index is 0.204. The molecule has 0 amide bonds. The molecule has 0 aromatic heterocycles. The summed E-state index contributed by atoms with van der Waals surface area (Å²) in [5.74, 6) is -1.87. The third-order valence-electron chi connectivity index (χ3n) is 4.99. The van der Waals surface area contributed by atoms with Crippen LogP contribution in [0, 0.1) is 22.7 Å². The second kappa shape index (κ2) is 9.95. The predicted octanol–water partition coefficient (Wildman–Crippen LogP) is 5.27. The Morgan fingerprint density at radius 2 is 0.735 bits per heavy atom. The lowest BCUT2D eigenvalue weighted by molar-refractivity contribution is -0.156. The Hall–Kier alpha value is -5.20. The van der Waals surface area contributed by atoms with Crippen LogP contribution in [-0.2, 0) is 9.59 Å². The monoisotopic (exact) mass is 444 g/mol. The number of hydrogen-bond acceptors (Lipinski definition) is 6. The third kappa shape index (κ3) is 5.16. The fraction of sp³-hybridized carbons (Fsp3) is 0. The van der Waals surface area contributed by atoms with E-state index in [1.165, 1.54) is 0 Å². The molecule has 0 N–H and O–H groups in total. The summed E-state index contributed by atoms with van der Waals surface area (Å²) >= 11 is 0. The van der Waals surface area contributed by atoms with Crippen LogP contribution in [0.25, 0.3) is 22.3 Å². The van der Waals surface area contributed by atoms with Gasteiger partial charge in [0.15, 0.2) is 0 Å². The first-order valence-corrected chi connectivity index (χ1v) is 10.2. The summed E-state index contributed by atoms with van der Waals surface area (Å²) in [7, 11) is 0. The smallest absolute Gasteiger partial charge is 0.418 e. The number of carbonyl (C=O) groups excluding carboxylic acids is 2. The number of nitriles is 2. The molecule has 0 radical (unpaired) electrons. The van der Waals surface area contributed by atoms with Crippen molar-refractivity contribution < 1.29 is 19.1 Å². The quantitative estimate of drug-likeness (QED) is 0.241. The lowest BCUT2D eigenvalue weighted by atomic mass is 10.0. The van der Waals surface area contributed by atoms with E-state index in [-0.39, 0.29) is 11.5 Å². The van der Waals surface area contributed by atoms with Gasteiger partial charge in [-0.05, 0) is 70.8 Å². The number of ether oxygens (including phenoxy) is 2. The van der Waals surface area contributed by atoms with Crippen molar-refractivity contribution in [2.45, 2.75) is 0 Å². The van der Waals surface area contributed by atoms with E-state index in [4.69, 9.17) is 20.0 Å². The van der Waals surface area contributed by atoms with Crippen LogP contribution in [0.3, 0.4) is 0 Å². The van der Waals surface area contributed by atoms with Crippen LogP contribution in [0.5, 0.6) is 11.5 Å². The van der Waals surface area contributed by atoms with Crippen LogP contribution >= 0.6 is 0 Å². The zero-order chi connectivity index (χ0) is 23.9. The van der Waals surface area contributed by atoms with Gasteiger partial charge in [-0.2, -0.15) is 10.5 Å². The van der Waals surface area contributed by atoms with E-state index >= 15 is 0 Å². The highest BCUT2D eigenvalue weighted by Crippen LogP contribution is 2.24. The summed E-state index contributed by atoms with van der Waals surface area (Å²) in [6.45, 7) is 0. The van der Waals surface area contributed by atoms with E-state index in [2.05, 4.69) is 12.1 Å². The molecule has 0 aliphatic carbocycles. The average molecular weight is 444 g/mol. The Morgan fingerprint density at radius 1 is 0.471 bits per heavy atom. The van der Waals surface area contributed by atoms with Crippen molar-refractivity contribution in [3.05, 3.63) is 108 Å². The summed E-state index contributed by atoms with van der Waals surface area (Å²) in [4.78, 5) is 24.3. The van der Waals surface area contributed by atoms with E-state index < -0.39 is 11.9 Å². The molecular weight excluding hydrogens is 428 g/mol. The number of rotatable bonds is 4. The fourth-order valence-electron chi connectivity index (χ4n) is 3.20. The first kappa shape index (κ1) is 22.0. The maximum atomic E-state index is 12.1. The third-order valence-corrected chi connectivity index (χ3v) is 4.99. The molecule has 6 nitrogen and oxygen atoms in total. The average Bonchev–Trinajstić information content (AvgIpc) is 2.89. The molecule has 0 aliphatic heterocycles. The zero-order valence-corrected chi connectivity index (χ0v) is 17.8. The fourth-order valence-corrected chi connectivity index (χ4v) is 3.20. The van der Waals surface area contributed by atoms with Crippen LogP contribution in [-0.4, -0.2) is 11.9 Å². The first-order chi connectivity index (χ1) is 16.6. The summed E-state index contributed by atoms with van der Waals surface area (Å²) in [5.41, 5.74) is 4.68. The Balaban J connectivity index is 1.35. The van der Waals surface area contributed by atoms with E-state index in [1.54, 1.807) is 72.8 Å². The molecule has 0 heterocycles. The van der Waals surface area contributed by atoms with Crippen molar-refractivity contribution in [2.75, 3.05) is 0 Å². The van der Waals surface area contributed by atoms with E-state index in [0.29, 0.717) is 11.1 Å². The van der Waals surface area contributed by atoms with Gasteiger partial charge in [-0.1, -0.05) is 48.5 Å². The lowest BCUT2D eigenvalue weighted by Crippen LogP contribution is -2.25. The van der Waals surface area contributed by atoms with Crippen molar-refractivity contribution in [1.82, 2.24) is 0 Å². The Labute approximate surface area is 195 Å². The second-order valence-corrected chi connectivity index (χ2v) is 7.21. The molecule has 4 rings (SSSR count). The van der Waals surface area contributed by atoms with Crippen molar-refractivity contribution in [3.63, 3.8) is 0 Å². The predicted molar refractivity (Wildman–Crippen MR) is 124 cm³/mol. The van der Waals surface area contributed by atoms with Crippen molar-refractivity contribution >= 4 is 11.9 Å². The second-order valence-electron chi connectivity index (χ2n) is 7.21. The zero-order valence-electron chi connectivity index (χ0n) is 17.8. The molecule has 0 saturated heterocycles. The maximum Gasteiger partial charge on any atom is 0.423 e. The standard InChI is InChI=1S/C28H16N2O4/c29-17-19-1-5-21(6-2-19)23-9-13-25(14-10-23)33-27(31)28(32)34-26-15-11-24(12-16-26)22-7-3-20(18-30)4-8-22/h1-16H. The lowest BCUT2D eigenvalue weighted by Gasteiger charge is -2.07. The molecule has 0 spiro atoms. The number of hydrogen-bond donors (Lipinski definition) is 0. The summed E-state index contributed by atoms with van der Waals surface area (Å²) in [6, 6.07) is 31.6. The van der Waals surface area contributed by atoms with Crippen LogP contribution in [0.15, 0.2) is 97.1 Å². The Morgan fingerprint density at radius 3 is 1.00 bits per heavy atom. The van der Waals surface area contributed by atoms with Crippen LogP contribution in [0.1, 0.15) is 11.1 Å². The summed E-state index contributed by atoms with van der Waals surface area (Å²) in [6.07, 6.45) is 0. The van der Waals surface area contributed by atoms with Crippen LogP contribution in [0.2, 0.25) is 0 Å². The minimum atomic E-state index is -1.14. The first-order valence-electron chi connectivity index (χ1n) is 10.2. The highest BCUT2D eigenvalue weighted by atomic mass is 16.6. The molecule has 0 atom stereocenters. The van der Waals surface area contributed by atoms with Gasteiger partial charge in [-0.15, -0.1) is 0 Å². The molecule has 162 valence electrons. The van der Waals surface area contributed by atoms with Gasteiger partial charge in [0.2, 0.25) is 0 Å². The van der Waals surface area contributed by atoms with Gasteiger partial charge in [-0.25, -0.2) is 9.59 Å². The normalized spacial score (nSPS) is 9.94. The van der Waals surface area contributed by atoms with Gasteiger partial charge in [0.1, 0.15) is 11.5 Å². The molecular formula is C28H16N2O4. The van der Waals surface area contributed by atoms with Crippen LogP contribution < -0.4 is 9.47 Å². The van der Waals surface area contributed by atoms with E-state index in [9.17, 15) is 9.59 Å². The van der Waals surface area contributed by atoms with E-state index in [1.807, 2.05) is 24.3 Å². The highest BCUT2D eigenvalue weighted by Gasteiger charge is 2.19. The van der Waals surface area contributed by atoms with Gasteiger partial charge in [-0.3, -0.25) is 0 Å². The van der Waals surface area contributed by atoms with Crippen molar-refractivity contribution in [1.29, 1.82) is 10.5 Å². The van der Waals surface area contributed by atoms with Crippen molar-refractivity contribution in [3.8, 4) is 45.9 Å². The molecule has 0 aliphatic rings. The highest BCUT2D eigenvalue weighted by molar-refractivity contribution is 6.31. The van der Waals surface area contributed by atoms with Gasteiger partial charge < -0.3 is 9.47 Å². The van der Waals surface area contributed by atoms with Gasteiger partial charge >= 0.3 is 11.9 Å². The van der Waals surface area contributed by atoms with Gasteiger partial charge in [0.05, 0.1) is 23.3 Å². The SMILES string of the molecule is N#Cc1ccc(-c2ccc(OC(=O)C(=O)Oc3ccc(-c4ccc(C#N)cc4)cc3)cc2)cc1. The summed E-state index contributed by atoms with van der Waals surface area (Å²) < 4.78 is 10.2. The molecule has 0 fully saturated rings. The minimum Gasteiger partial charge on any atom is -0.418 e. The maximum absolute atomic E-state index is 12.1. The Bertz CT molecular complexity index is 1300. The molecule has 0 saturated carbocycles. The van der Waals surface area contributed by atoms with E-state index in [0.717, 1.165) is 22.3 Å². The number of carbonyl (C=O) groups is 2. The number of nitrogens with zero attached hydrogens (tertiary/aromatic N) is 2. The molecule has 4 aromatic carbocycles. The molecule has 0 bridgehead atoms. The largest absolute Gasteiger partial charge is 0.423 e. The molecule has 34 heavy (non-hydrogen) atoms. The Kier molecular flexibility index (Phi) is 6.44. The molecule has 0 unspecified atom stereocenters. The van der Waals surface area contributed by atoms with Crippen molar-refractivity contribution in [2.24, 2.45) is 0 Å². The molecule has 6 heteroatoms. The molecule has 4 aromatic rings.